The van der Waals surface area contributed by atoms with Crippen LogP contribution in [-0.4, -0.2) is 21.0 Å². The van der Waals surface area contributed by atoms with Gasteiger partial charge in [0.2, 0.25) is 0 Å². The van der Waals surface area contributed by atoms with Crippen LogP contribution in [0.1, 0.15) is 57.3 Å². The molecule has 1 aromatic heterocycles. The second-order valence-electron chi connectivity index (χ2n) is 5.55. The van der Waals surface area contributed by atoms with E-state index in [2.05, 4.69) is 39.6 Å². The highest BCUT2D eigenvalue weighted by Crippen LogP contribution is 2.30. The third-order valence-electron chi connectivity index (χ3n) is 4.27. The lowest BCUT2D eigenvalue weighted by Gasteiger charge is -2.20. The van der Waals surface area contributed by atoms with Gasteiger partial charge in [0.25, 0.3) is 0 Å². The third-order valence-corrected chi connectivity index (χ3v) is 5.18. The van der Waals surface area contributed by atoms with Gasteiger partial charge in [0, 0.05) is 6.54 Å². The first-order valence-corrected chi connectivity index (χ1v) is 8.38. The average molecular weight is 329 g/mol. The summed E-state index contributed by atoms with van der Waals surface area (Å²) in [5.41, 5.74) is 2.41. The van der Waals surface area contributed by atoms with Crippen molar-refractivity contribution in [2.24, 2.45) is 5.92 Å². The Morgan fingerprint density at radius 3 is 2.68 bits per heavy atom. The molecule has 1 aliphatic rings. The van der Waals surface area contributed by atoms with Crippen LogP contribution in [0.3, 0.4) is 0 Å². The van der Waals surface area contributed by atoms with Gasteiger partial charge in [0.1, 0.15) is 0 Å². The van der Waals surface area contributed by atoms with Crippen molar-refractivity contribution in [3.63, 3.8) is 0 Å². The number of halogens is 1. The molecule has 2 rings (SSSR count). The highest BCUT2D eigenvalue weighted by molar-refractivity contribution is 9.10. The van der Waals surface area contributed by atoms with Gasteiger partial charge in [-0.05, 0) is 54.5 Å². The molecular formula is C15H25BrN2O. The topological polar surface area (TPSA) is 38.0 Å². The number of hydrogen-bond donors (Lipinski definition) is 1. The fraction of sp³-hybridized carbons (Fsp3) is 0.800. The van der Waals surface area contributed by atoms with Crippen molar-refractivity contribution in [3.8, 4) is 0 Å². The van der Waals surface area contributed by atoms with E-state index < -0.39 is 0 Å². The van der Waals surface area contributed by atoms with Crippen molar-refractivity contribution in [1.82, 2.24) is 9.78 Å². The van der Waals surface area contributed by atoms with Crippen LogP contribution in [0.5, 0.6) is 0 Å². The monoisotopic (exact) mass is 328 g/mol. The number of aliphatic hydroxyl groups is 1. The van der Waals surface area contributed by atoms with E-state index in [9.17, 15) is 5.11 Å². The zero-order valence-electron chi connectivity index (χ0n) is 12.0. The molecule has 0 aliphatic heterocycles. The Morgan fingerprint density at radius 2 is 2.00 bits per heavy atom. The number of rotatable bonds is 4. The fourth-order valence-electron chi connectivity index (χ4n) is 3.06. The molecule has 0 saturated heterocycles. The Labute approximate surface area is 124 Å². The van der Waals surface area contributed by atoms with Crippen LogP contribution < -0.4 is 0 Å². The van der Waals surface area contributed by atoms with Gasteiger partial charge in [-0.3, -0.25) is 4.68 Å². The van der Waals surface area contributed by atoms with Crippen LogP contribution >= 0.6 is 15.9 Å². The van der Waals surface area contributed by atoms with E-state index in [1.807, 2.05) is 0 Å². The highest BCUT2D eigenvalue weighted by atomic mass is 79.9. The Morgan fingerprint density at radius 1 is 1.26 bits per heavy atom. The molecule has 108 valence electrons. The number of aliphatic hydroxyl groups excluding tert-OH is 1. The maximum atomic E-state index is 10.3. The molecular weight excluding hydrogens is 304 g/mol. The molecule has 1 heterocycles. The molecule has 1 fully saturated rings. The van der Waals surface area contributed by atoms with Crippen molar-refractivity contribution in [2.75, 3.05) is 0 Å². The first kappa shape index (κ1) is 15.0. The quantitative estimate of drug-likeness (QED) is 0.855. The van der Waals surface area contributed by atoms with Crippen molar-refractivity contribution in [3.05, 3.63) is 15.9 Å². The predicted octanol–water partition coefficient (Wildman–Crippen LogP) is 3.71. The second kappa shape index (κ2) is 6.89. The minimum atomic E-state index is -0.139. The van der Waals surface area contributed by atoms with Gasteiger partial charge in [-0.1, -0.05) is 26.2 Å². The summed E-state index contributed by atoms with van der Waals surface area (Å²) in [6.45, 7) is 5.17. The summed E-state index contributed by atoms with van der Waals surface area (Å²) in [7, 11) is 0. The summed E-state index contributed by atoms with van der Waals surface area (Å²) in [6.07, 6.45) is 7.55. The Hall–Kier alpha value is -0.350. The van der Waals surface area contributed by atoms with Crippen molar-refractivity contribution in [2.45, 2.75) is 71.4 Å². The van der Waals surface area contributed by atoms with Gasteiger partial charge in [-0.15, -0.1) is 0 Å². The van der Waals surface area contributed by atoms with Gasteiger partial charge in [-0.25, -0.2) is 0 Å². The zero-order valence-corrected chi connectivity index (χ0v) is 13.6. The lowest BCUT2D eigenvalue weighted by molar-refractivity contribution is 0.0994. The summed E-state index contributed by atoms with van der Waals surface area (Å²) < 4.78 is 3.26. The molecule has 19 heavy (non-hydrogen) atoms. The number of aromatic nitrogens is 2. The summed E-state index contributed by atoms with van der Waals surface area (Å²) in [5, 5.41) is 14.9. The molecule has 1 aliphatic carbocycles. The molecule has 0 amide bonds. The van der Waals surface area contributed by atoms with Crippen molar-refractivity contribution < 1.29 is 5.11 Å². The molecule has 2 atom stereocenters. The van der Waals surface area contributed by atoms with E-state index >= 15 is 0 Å². The molecule has 1 aromatic rings. The number of aryl methyl sites for hydroxylation is 2. The minimum Gasteiger partial charge on any atom is -0.393 e. The van der Waals surface area contributed by atoms with Crippen molar-refractivity contribution >= 4 is 15.9 Å². The van der Waals surface area contributed by atoms with E-state index in [0.29, 0.717) is 5.92 Å². The average Bonchev–Trinajstić information content (AvgIpc) is 2.57. The van der Waals surface area contributed by atoms with Gasteiger partial charge >= 0.3 is 0 Å². The summed E-state index contributed by atoms with van der Waals surface area (Å²) in [5.74, 6) is 0.394. The fourth-order valence-corrected chi connectivity index (χ4v) is 3.79. The molecule has 1 saturated carbocycles. The zero-order chi connectivity index (χ0) is 13.8. The molecule has 0 aromatic carbocycles. The lowest BCUT2D eigenvalue weighted by Crippen LogP contribution is -2.22. The first-order chi connectivity index (χ1) is 9.17. The molecule has 2 unspecified atom stereocenters. The van der Waals surface area contributed by atoms with Crippen molar-refractivity contribution in [1.29, 1.82) is 0 Å². The van der Waals surface area contributed by atoms with Crippen LogP contribution in [-0.2, 0) is 19.4 Å². The molecule has 0 spiro atoms. The maximum Gasteiger partial charge on any atom is 0.0766 e. The van der Waals surface area contributed by atoms with Crippen LogP contribution in [0.15, 0.2) is 4.47 Å². The van der Waals surface area contributed by atoms with Gasteiger partial charge in [0.15, 0.2) is 0 Å². The van der Waals surface area contributed by atoms with Gasteiger partial charge in [-0.2, -0.15) is 5.10 Å². The molecule has 3 nitrogen and oxygen atoms in total. The second-order valence-corrected chi connectivity index (χ2v) is 6.34. The van der Waals surface area contributed by atoms with E-state index in [4.69, 9.17) is 0 Å². The van der Waals surface area contributed by atoms with Crippen LogP contribution in [0, 0.1) is 5.92 Å². The van der Waals surface area contributed by atoms with Crippen LogP contribution in [0.25, 0.3) is 0 Å². The lowest BCUT2D eigenvalue weighted by atomic mass is 9.92. The summed E-state index contributed by atoms with van der Waals surface area (Å²) >= 11 is 3.70. The SMILES string of the molecule is CCc1nn(CC)c(CC2CCCCCC2O)c1Br. The Kier molecular flexibility index (Phi) is 5.46. The minimum absolute atomic E-state index is 0.139. The van der Waals surface area contributed by atoms with E-state index in [0.717, 1.165) is 42.4 Å². The standard InChI is InChI=1S/C15H25BrN2O/c1-3-12-15(16)13(18(4-2)17-12)10-11-8-6-5-7-9-14(11)19/h11,14,19H,3-10H2,1-2H3. The number of hydrogen-bond acceptors (Lipinski definition) is 2. The highest BCUT2D eigenvalue weighted by Gasteiger charge is 2.25. The molecule has 0 radical (unpaired) electrons. The van der Waals surface area contributed by atoms with Crippen LogP contribution in [0.4, 0.5) is 0 Å². The van der Waals surface area contributed by atoms with E-state index in [1.165, 1.54) is 25.0 Å². The normalized spacial score (nSPS) is 24.4. The number of nitrogens with zero attached hydrogens (tertiary/aromatic N) is 2. The Balaban J connectivity index is 2.19. The van der Waals surface area contributed by atoms with Gasteiger partial charge in [0.05, 0.1) is 22.0 Å². The maximum absolute atomic E-state index is 10.3. The molecule has 0 bridgehead atoms. The van der Waals surface area contributed by atoms with Gasteiger partial charge < -0.3 is 5.11 Å². The molecule has 1 N–H and O–H groups in total. The van der Waals surface area contributed by atoms with E-state index in [-0.39, 0.29) is 6.10 Å². The third kappa shape index (κ3) is 3.40. The molecule has 4 heteroatoms. The summed E-state index contributed by atoms with van der Waals surface area (Å²) in [6, 6.07) is 0. The first-order valence-electron chi connectivity index (χ1n) is 7.59. The predicted molar refractivity (Wildman–Crippen MR) is 81.3 cm³/mol. The summed E-state index contributed by atoms with van der Waals surface area (Å²) in [4.78, 5) is 0. The van der Waals surface area contributed by atoms with Crippen LogP contribution in [0.2, 0.25) is 0 Å². The Bertz CT molecular complexity index is 417. The van der Waals surface area contributed by atoms with E-state index in [1.54, 1.807) is 0 Å². The largest absolute Gasteiger partial charge is 0.393 e. The smallest absolute Gasteiger partial charge is 0.0766 e.